The van der Waals surface area contributed by atoms with Gasteiger partial charge in [-0.15, -0.1) is 0 Å². The van der Waals surface area contributed by atoms with Gasteiger partial charge in [-0.05, 0) is 37.6 Å². The number of aryl methyl sites for hydroxylation is 1. The zero-order valence-electron chi connectivity index (χ0n) is 11.1. The molecule has 0 saturated carbocycles. The molecule has 0 saturated heterocycles. The molecule has 2 rings (SSSR count). The second kappa shape index (κ2) is 5.52. The molecule has 0 fully saturated rings. The van der Waals surface area contributed by atoms with E-state index in [1.165, 1.54) is 13.0 Å². The van der Waals surface area contributed by atoms with Crippen LogP contribution >= 0.6 is 0 Å². The number of rotatable bonds is 4. The molecule has 0 N–H and O–H groups in total. The molecule has 102 valence electrons. The quantitative estimate of drug-likeness (QED) is 0.480. The average Bonchev–Trinajstić information content (AvgIpc) is 2.41. The van der Waals surface area contributed by atoms with Gasteiger partial charge in [0.25, 0.3) is 0 Å². The van der Waals surface area contributed by atoms with Crippen molar-refractivity contribution < 1.29 is 14.5 Å². The number of ether oxygens (including phenoxy) is 1. The summed E-state index contributed by atoms with van der Waals surface area (Å²) in [6, 6.07) is 11.3. The zero-order valence-corrected chi connectivity index (χ0v) is 11.1. The molecular weight excluding hydrogens is 258 g/mol. The van der Waals surface area contributed by atoms with Gasteiger partial charge >= 0.3 is 5.69 Å². The predicted octanol–water partition coefficient (Wildman–Crippen LogP) is 3.90. The summed E-state index contributed by atoms with van der Waals surface area (Å²) in [7, 11) is 0. The molecule has 5 heteroatoms. The first-order valence-corrected chi connectivity index (χ1v) is 6.01. The Labute approximate surface area is 116 Å². The van der Waals surface area contributed by atoms with Gasteiger partial charge in [0.15, 0.2) is 5.78 Å². The Morgan fingerprint density at radius 2 is 1.95 bits per heavy atom. The van der Waals surface area contributed by atoms with Crippen molar-refractivity contribution in [3.8, 4) is 11.5 Å². The molecular formula is C15H13NO4. The van der Waals surface area contributed by atoms with E-state index >= 15 is 0 Å². The molecule has 0 aliphatic rings. The normalized spacial score (nSPS) is 10.1. The molecule has 2 aromatic carbocycles. The predicted molar refractivity (Wildman–Crippen MR) is 74.4 cm³/mol. The number of nitrogens with zero attached hydrogens (tertiary/aromatic N) is 1. The van der Waals surface area contributed by atoms with E-state index in [1.807, 2.05) is 0 Å². The number of hydrogen-bond acceptors (Lipinski definition) is 4. The largest absolute Gasteiger partial charge is 0.450 e. The van der Waals surface area contributed by atoms with Crippen LogP contribution in [0.1, 0.15) is 22.8 Å². The highest BCUT2D eigenvalue weighted by atomic mass is 16.6. The molecule has 0 aliphatic carbocycles. The van der Waals surface area contributed by atoms with E-state index in [2.05, 4.69) is 0 Å². The van der Waals surface area contributed by atoms with Crippen LogP contribution in [0.4, 0.5) is 5.69 Å². The van der Waals surface area contributed by atoms with Gasteiger partial charge in [0.05, 0.1) is 4.92 Å². The highest BCUT2D eigenvalue weighted by Gasteiger charge is 2.16. The van der Waals surface area contributed by atoms with Crippen LogP contribution in [0.25, 0.3) is 0 Å². The molecule has 0 atom stereocenters. The van der Waals surface area contributed by atoms with E-state index in [1.54, 1.807) is 43.3 Å². The fourth-order valence-corrected chi connectivity index (χ4v) is 1.76. The summed E-state index contributed by atoms with van der Waals surface area (Å²) in [6.07, 6.45) is 0. The third-order valence-corrected chi connectivity index (χ3v) is 2.78. The van der Waals surface area contributed by atoms with Crippen molar-refractivity contribution in [1.82, 2.24) is 0 Å². The van der Waals surface area contributed by atoms with Crippen LogP contribution in [-0.2, 0) is 0 Å². The Hall–Kier alpha value is -2.69. The lowest BCUT2D eigenvalue weighted by Gasteiger charge is -2.07. The van der Waals surface area contributed by atoms with E-state index in [0.29, 0.717) is 11.3 Å². The lowest BCUT2D eigenvalue weighted by Crippen LogP contribution is -1.96. The van der Waals surface area contributed by atoms with E-state index in [4.69, 9.17) is 4.74 Å². The number of hydrogen-bond donors (Lipinski definition) is 0. The third kappa shape index (κ3) is 3.00. The number of nitro groups is 1. The summed E-state index contributed by atoms with van der Waals surface area (Å²) in [5.41, 5.74) is 1.18. The Morgan fingerprint density at radius 1 is 1.20 bits per heavy atom. The second-order valence-electron chi connectivity index (χ2n) is 4.41. The molecule has 5 nitrogen and oxygen atoms in total. The van der Waals surface area contributed by atoms with E-state index in [-0.39, 0.29) is 17.2 Å². The zero-order chi connectivity index (χ0) is 14.7. The van der Waals surface area contributed by atoms with Crippen molar-refractivity contribution in [3.63, 3.8) is 0 Å². The molecule has 0 amide bonds. The van der Waals surface area contributed by atoms with E-state index in [9.17, 15) is 14.9 Å². The van der Waals surface area contributed by atoms with Gasteiger partial charge in [-0.3, -0.25) is 14.9 Å². The number of carbonyl (C=O) groups excluding carboxylic acids is 1. The molecule has 0 aliphatic heterocycles. The van der Waals surface area contributed by atoms with Gasteiger partial charge in [-0.25, -0.2) is 0 Å². The first-order valence-electron chi connectivity index (χ1n) is 6.01. The smallest absolute Gasteiger partial charge is 0.311 e. The number of ketones is 1. The Morgan fingerprint density at radius 3 is 2.60 bits per heavy atom. The fourth-order valence-electron chi connectivity index (χ4n) is 1.76. The Balaban J connectivity index is 2.37. The number of benzene rings is 2. The van der Waals surface area contributed by atoms with Crippen LogP contribution in [0.3, 0.4) is 0 Å². The van der Waals surface area contributed by atoms with Crippen molar-refractivity contribution >= 4 is 11.5 Å². The molecule has 0 aromatic heterocycles. The molecule has 0 spiro atoms. The SMILES string of the molecule is CC(=O)c1cccc(Oc2ccc(C)cc2[N+](=O)[O-])c1. The van der Waals surface area contributed by atoms with Crippen molar-refractivity contribution in [1.29, 1.82) is 0 Å². The number of Topliss-reactive ketones (excluding diaryl/α,β-unsaturated/α-hetero) is 1. The summed E-state index contributed by atoms with van der Waals surface area (Å²) in [5, 5.41) is 11.0. The van der Waals surface area contributed by atoms with Crippen molar-refractivity contribution in [2.45, 2.75) is 13.8 Å². The van der Waals surface area contributed by atoms with Crippen molar-refractivity contribution in [3.05, 3.63) is 63.7 Å². The maximum absolute atomic E-state index is 11.3. The molecule has 0 unspecified atom stereocenters. The van der Waals surface area contributed by atoms with Gasteiger partial charge in [-0.1, -0.05) is 18.2 Å². The highest BCUT2D eigenvalue weighted by molar-refractivity contribution is 5.94. The van der Waals surface area contributed by atoms with Gasteiger partial charge in [0.1, 0.15) is 5.75 Å². The van der Waals surface area contributed by atoms with Crippen LogP contribution in [-0.4, -0.2) is 10.7 Å². The van der Waals surface area contributed by atoms with Crippen LogP contribution in [0, 0.1) is 17.0 Å². The number of carbonyl (C=O) groups is 1. The van der Waals surface area contributed by atoms with Crippen LogP contribution in [0.5, 0.6) is 11.5 Å². The van der Waals surface area contributed by atoms with Gasteiger partial charge in [-0.2, -0.15) is 0 Å². The third-order valence-electron chi connectivity index (χ3n) is 2.78. The molecule has 0 bridgehead atoms. The number of nitro benzene ring substituents is 1. The lowest BCUT2D eigenvalue weighted by atomic mass is 10.1. The summed E-state index contributed by atoms with van der Waals surface area (Å²) in [6.45, 7) is 3.22. The summed E-state index contributed by atoms with van der Waals surface area (Å²) in [4.78, 5) is 21.8. The first-order chi connectivity index (χ1) is 9.47. The Kier molecular flexibility index (Phi) is 3.79. The highest BCUT2D eigenvalue weighted by Crippen LogP contribution is 2.32. The minimum absolute atomic E-state index is 0.0890. The van der Waals surface area contributed by atoms with Gasteiger partial charge in [0, 0.05) is 11.6 Å². The maximum atomic E-state index is 11.3. The summed E-state index contributed by atoms with van der Waals surface area (Å²) in [5.74, 6) is 0.458. The molecule has 0 radical (unpaired) electrons. The van der Waals surface area contributed by atoms with E-state index < -0.39 is 4.92 Å². The minimum atomic E-state index is -0.489. The monoisotopic (exact) mass is 271 g/mol. The molecule has 20 heavy (non-hydrogen) atoms. The van der Waals surface area contributed by atoms with Crippen LogP contribution in [0.2, 0.25) is 0 Å². The van der Waals surface area contributed by atoms with Gasteiger partial charge in [0.2, 0.25) is 5.75 Å². The average molecular weight is 271 g/mol. The Bertz CT molecular complexity index is 679. The van der Waals surface area contributed by atoms with Crippen molar-refractivity contribution in [2.24, 2.45) is 0 Å². The van der Waals surface area contributed by atoms with Crippen LogP contribution in [0.15, 0.2) is 42.5 Å². The first kappa shape index (κ1) is 13.7. The second-order valence-corrected chi connectivity index (χ2v) is 4.41. The molecule has 2 aromatic rings. The summed E-state index contributed by atoms with van der Waals surface area (Å²) >= 11 is 0. The van der Waals surface area contributed by atoms with E-state index in [0.717, 1.165) is 5.56 Å². The summed E-state index contributed by atoms with van der Waals surface area (Å²) < 4.78 is 5.52. The molecule has 0 heterocycles. The van der Waals surface area contributed by atoms with Gasteiger partial charge < -0.3 is 4.74 Å². The van der Waals surface area contributed by atoms with Crippen molar-refractivity contribution in [2.75, 3.05) is 0 Å². The standard InChI is InChI=1S/C15H13NO4/c1-10-6-7-15(14(8-10)16(18)19)20-13-5-3-4-12(9-13)11(2)17/h3-9H,1-2H3. The van der Waals surface area contributed by atoms with Crippen LogP contribution < -0.4 is 4.74 Å². The maximum Gasteiger partial charge on any atom is 0.311 e. The minimum Gasteiger partial charge on any atom is -0.450 e. The fraction of sp³-hybridized carbons (Fsp3) is 0.133. The lowest BCUT2D eigenvalue weighted by molar-refractivity contribution is -0.385. The topological polar surface area (TPSA) is 69.4 Å².